The number of carbonyl (C=O) groups is 2. The topological polar surface area (TPSA) is 110 Å². The number of primary amides is 1. The molecule has 0 aliphatic carbocycles. The molecule has 0 spiro atoms. The van der Waals surface area contributed by atoms with E-state index in [1.165, 1.54) is 0 Å². The Morgan fingerprint density at radius 1 is 1.56 bits per heavy atom. The maximum Gasteiger partial charge on any atom is 0.357 e. The first-order chi connectivity index (χ1) is 8.49. The van der Waals surface area contributed by atoms with Gasteiger partial charge in [0.25, 0.3) is 6.01 Å². The zero-order valence-electron chi connectivity index (χ0n) is 10.00. The van der Waals surface area contributed by atoms with E-state index in [0.29, 0.717) is 6.54 Å². The van der Waals surface area contributed by atoms with E-state index in [1.807, 2.05) is 6.92 Å². The van der Waals surface area contributed by atoms with Crippen molar-refractivity contribution in [1.29, 1.82) is 0 Å². The van der Waals surface area contributed by atoms with E-state index in [4.69, 9.17) is 15.3 Å². The van der Waals surface area contributed by atoms with Crippen molar-refractivity contribution in [3.8, 4) is 0 Å². The Kier molecular flexibility index (Phi) is 3.22. The number of nitrogens with two attached hydrogens (primary N) is 1. The fourth-order valence-electron chi connectivity index (χ4n) is 2.10. The lowest BCUT2D eigenvalue weighted by Crippen LogP contribution is -2.46. The van der Waals surface area contributed by atoms with Crippen LogP contribution in [-0.4, -0.2) is 34.6 Å². The molecule has 1 aliphatic heterocycles. The molecule has 18 heavy (non-hydrogen) atoms. The number of carboxylic acids is 1. The van der Waals surface area contributed by atoms with Gasteiger partial charge in [-0.15, -0.1) is 0 Å². The lowest BCUT2D eigenvalue weighted by atomic mass is 9.93. The van der Waals surface area contributed by atoms with Crippen LogP contribution in [0.3, 0.4) is 0 Å². The SMILES string of the molecule is CC1CCC(C(N)=O)CN1c1nc(C(=O)O)co1. The molecule has 0 bridgehead atoms. The average molecular weight is 253 g/mol. The highest BCUT2D eigenvalue weighted by atomic mass is 16.4. The van der Waals surface area contributed by atoms with E-state index in [2.05, 4.69) is 4.98 Å². The summed E-state index contributed by atoms with van der Waals surface area (Å²) in [5.41, 5.74) is 5.16. The molecule has 1 aromatic heterocycles. The zero-order valence-corrected chi connectivity index (χ0v) is 10.00. The van der Waals surface area contributed by atoms with Crippen LogP contribution in [0.1, 0.15) is 30.3 Å². The molecule has 7 nitrogen and oxygen atoms in total. The predicted molar refractivity (Wildman–Crippen MR) is 62.2 cm³/mol. The van der Waals surface area contributed by atoms with Gasteiger partial charge >= 0.3 is 5.97 Å². The van der Waals surface area contributed by atoms with E-state index in [-0.39, 0.29) is 29.6 Å². The highest BCUT2D eigenvalue weighted by Gasteiger charge is 2.31. The third kappa shape index (κ3) is 2.29. The quantitative estimate of drug-likeness (QED) is 0.809. The van der Waals surface area contributed by atoms with Crippen molar-refractivity contribution < 1.29 is 19.1 Å². The molecule has 0 saturated carbocycles. The second-order valence-corrected chi connectivity index (χ2v) is 4.50. The normalized spacial score (nSPS) is 23.9. The van der Waals surface area contributed by atoms with Crippen LogP contribution >= 0.6 is 0 Å². The Labute approximate surface area is 104 Å². The minimum Gasteiger partial charge on any atom is -0.476 e. The molecule has 98 valence electrons. The number of hydrogen-bond acceptors (Lipinski definition) is 5. The maximum atomic E-state index is 11.2. The van der Waals surface area contributed by atoms with Gasteiger partial charge < -0.3 is 20.2 Å². The summed E-state index contributed by atoms with van der Waals surface area (Å²) in [6.07, 6.45) is 2.62. The summed E-state index contributed by atoms with van der Waals surface area (Å²) in [4.78, 5) is 27.6. The van der Waals surface area contributed by atoms with E-state index < -0.39 is 5.97 Å². The minimum absolute atomic E-state index is 0.140. The highest BCUT2D eigenvalue weighted by molar-refractivity contribution is 5.85. The van der Waals surface area contributed by atoms with Crippen molar-refractivity contribution >= 4 is 17.9 Å². The fourth-order valence-corrected chi connectivity index (χ4v) is 2.10. The number of amides is 1. The number of carboxylic acid groups (broad SMARTS) is 1. The van der Waals surface area contributed by atoms with Gasteiger partial charge in [-0.25, -0.2) is 4.79 Å². The smallest absolute Gasteiger partial charge is 0.357 e. The van der Waals surface area contributed by atoms with Crippen molar-refractivity contribution in [2.45, 2.75) is 25.8 Å². The van der Waals surface area contributed by atoms with Crippen LogP contribution in [0.25, 0.3) is 0 Å². The number of aromatic nitrogens is 1. The number of carbonyl (C=O) groups excluding carboxylic acids is 1. The zero-order chi connectivity index (χ0) is 13.3. The van der Waals surface area contributed by atoms with Crippen LogP contribution in [0, 0.1) is 5.92 Å². The number of piperidine rings is 1. The standard InChI is InChI=1S/C11H15N3O4/c1-6-2-3-7(9(12)15)4-14(6)11-13-8(5-18-11)10(16)17/h5-7H,2-4H2,1H3,(H2,12,15)(H,16,17). The molecule has 0 aromatic carbocycles. The summed E-state index contributed by atoms with van der Waals surface area (Å²) < 4.78 is 5.15. The summed E-state index contributed by atoms with van der Waals surface area (Å²) in [7, 11) is 0. The van der Waals surface area contributed by atoms with Crippen LogP contribution in [0.4, 0.5) is 6.01 Å². The summed E-state index contributed by atoms with van der Waals surface area (Å²) in [5.74, 6) is -1.74. The number of oxazole rings is 1. The Morgan fingerprint density at radius 2 is 2.28 bits per heavy atom. The molecule has 2 rings (SSSR count). The van der Waals surface area contributed by atoms with Crippen LogP contribution in [0.15, 0.2) is 10.7 Å². The van der Waals surface area contributed by atoms with Gasteiger partial charge in [-0.2, -0.15) is 4.98 Å². The molecule has 2 unspecified atom stereocenters. The molecule has 0 radical (unpaired) electrons. The van der Waals surface area contributed by atoms with Gasteiger partial charge in [-0.05, 0) is 19.8 Å². The number of anilines is 1. The first-order valence-electron chi connectivity index (χ1n) is 5.74. The van der Waals surface area contributed by atoms with E-state index >= 15 is 0 Å². The van der Waals surface area contributed by atoms with Gasteiger partial charge in [0.05, 0.1) is 5.92 Å². The Morgan fingerprint density at radius 3 is 2.83 bits per heavy atom. The fraction of sp³-hybridized carbons (Fsp3) is 0.545. The third-order valence-corrected chi connectivity index (χ3v) is 3.24. The first-order valence-corrected chi connectivity index (χ1v) is 5.74. The monoisotopic (exact) mass is 253 g/mol. The van der Waals surface area contributed by atoms with Crippen molar-refractivity contribution in [2.24, 2.45) is 11.7 Å². The van der Waals surface area contributed by atoms with Crippen molar-refractivity contribution in [2.75, 3.05) is 11.4 Å². The first kappa shape index (κ1) is 12.4. The van der Waals surface area contributed by atoms with Gasteiger partial charge in [0.15, 0.2) is 5.69 Å². The summed E-state index contributed by atoms with van der Waals surface area (Å²) >= 11 is 0. The summed E-state index contributed by atoms with van der Waals surface area (Å²) in [6, 6.07) is 0.367. The van der Waals surface area contributed by atoms with Crippen molar-refractivity contribution in [3.05, 3.63) is 12.0 Å². The van der Waals surface area contributed by atoms with Crippen LogP contribution in [0.2, 0.25) is 0 Å². The molecule has 7 heteroatoms. The highest BCUT2D eigenvalue weighted by Crippen LogP contribution is 2.27. The lowest BCUT2D eigenvalue weighted by molar-refractivity contribution is -0.122. The molecule has 3 N–H and O–H groups in total. The molecule has 2 atom stereocenters. The minimum atomic E-state index is -1.14. The molecule has 1 saturated heterocycles. The number of nitrogens with zero attached hydrogens (tertiary/aromatic N) is 2. The Bertz CT molecular complexity index is 471. The molecular formula is C11H15N3O4. The largest absolute Gasteiger partial charge is 0.476 e. The lowest BCUT2D eigenvalue weighted by Gasteiger charge is -2.35. The van der Waals surface area contributed by atoms with Gasteiger partial charge in [0.2, 0.25) is 5.91 Å². The Hall–Kier alpha value is -2.05. The van der Waals surface area contributed by atoms with Gasteiger partial charge in [0, 0.05) is 12.6 Å². The summed E-state index contributed by atoms with van der Waals surface area (Å²) in [6.45, 7) is 2.39. The maximum absolute atomic E-state index is 11.2. The predicted octanol–water partition coefficient (Wildman–Crippen LogP) is 0.463. The molecule has 1 fully saturated rings. The summed E-state index contributed by atoms with van der Waals surface area (Å²) in [5, 5.41) is 8.79. The van der Waals surface area contributed by atoms with Gasteiger partial charge in [0.1, 0.15) is 6.26 Å². The van der Waals surface area contributed by atoms with E-state index in [9.17, 15) is 9.59 Å². The van der Waals surface area contributed by atoms with E-state index in [1.54, 1.807) is 4.90 Å². The van der Waals surface area contributed by atoms with Crippen molar-refractivity contribution in [3.63, 3.8) is 0 Å². The van der Waals surface area contributed by atoms with Crippen molar-refractivity contribution in [1.82, 2.24) is 4.98 Å². The van der Waals surface area contributed by atoms with Gasteiger partial charge in [-0.1, -0.05) is 0 Å². The van der Waals surface area contributed by atoms with E-state index in [0.717, 1.165) is 19.1 Å². The third-order valence-electron chi connectivity index (χ3n) is 3.24. The van der Waals surface area contributed by atoms with Crippen LogP contribution in [0.5, 0.6) is 0 Å². The van der Waals surface area contributed by atoms with Gasteiger partial charge in [-0.3, -0.25) is 4.79 Å². The van der Waals surface area contributed by atoms with Crippen LogP contribution in [-0.2, 0) is 4.79 Å². The average Bonchev–Trinajstić information content (AvgIpc) is 2.78. The van der Waals surface area contributed by atoms with Crippen LogP contribution < -0.4 is 10.6 Å². The Balaban J connectivity index is 2.18. The molecule has 2 heterocycles. The molecule has 1 aromatic rings. The number of aromatic carboxylic acids is 1. The number of hydrogen-bond donors (Lipinski definition) is 2. The number of rotatable bonds is 3. The second-order valence-electron chi connectivity index (χ2n) is 4.50. The molecular weight excluding hydrogens is 238 g/mol. The molecule has 1 amide bonds. The molecule has 1 aliphatic rings. The second kappa shape index (κ2) is 4.67.